The minimum atomic E-state index is -1.88. The zero-order chi connectivity index (χ0) is 59.5. The normalized spacial score (nSPS) is 38.9. The van der Waals surface area contributed by atoms with Crippen molar-refractivity contribution in [2.45, 2.75) is 204 Å². The third-order valence-corrected chi connectivity index (χ3v) is 17.4. The number of morpholine rings is 1. The molecule has 25 heteroatoms. The van der Waals surface area contributed by atoms with Gasteiger partial charge in [-0.3, -0.25) is 9.69 Å². The Bertz CT molecular complexity index is 2420. The zero-order valence-electron chi connectivity index (χ0n) is 49.4. The number of halogens is 1. The lowest BCUT2D eigenvalue weighted by Gasteiger charge is -2.49. The van der Waals surface area contributed by atoms with Crippen LogP contribution in [0.25, 0.3) is 0 Å². The molecule has 0 radical (unpaired) electrons. The third-order valence-electron chi connectivity index (χ3n) is 17.4. The molecule has 0 aliphatic carbocycles. The fourth-order valence-corrected chi connectivity index (χ4v) is 12.4. The van der Waals surface area contributed by atoms with Crippen LogP contribution in [-0.4, -0.2) is 232 Å². The van der Waals surface area contributed by atoms with E-state index in [1.54, 1.807) is 80.8 Å². The summed E-state index contributed by atoms with van der Waals surface area (Å²) in [7, 11) is 4.76. The molecule has 5 aliphatic rings. The van der Waals surface area contributed by atoms with Crippen LogP contribution in [0, 0.1) is 23.6 Å². The lowest BCUT2D eigenvalue weighted by Crippen LogP contribution is -2.61. The molecule has 5 aliphatic heterocycles. The number of aliphatic hydroxyl groups is 5. The number of carbonyl (C=O) groups is 3. The lowest BCUT2D eigenvalue weighted by molar-refractivity contribution is -0.317. The number of cyclic esters (lactones) is 2. The number of likely N-dealkylation sites (N-methyl/N-ethyl adjacent to an activating group) is 2. The van der Waals surface area contributed by atoms with Crippen LogP contribution in [-0.2, 0) is 60.4 Å². The molecule has 7 rings (SSSR count). The number of amides is 2. The van der Waals surface area contributed by atoms with Gasteiger partial charge in [0.15, 0.2) is 12.6 Å². The van der Waals surface area contributed by atoms with Crippen molar-refractivity contribution in [1.82, 2.24) is 24.8 Å². The number of hydrogen-bond acceptors (Lipinski definition) is 21. The number of rotatable bonds is 14. The number of aromatic nitrogens is 3. The van der Waals surface area contributed by atoms with Crippen LogP contribution < -0.4 is 9.80 Å². The van der Waals surface area contributed by atoms with E-state index in [0.717, 1.165) is 0 Å². The van der Waals surface area contributed by atoms with Crippen molar-refractivity contribution in [2.24, 2.45) is 17.8 Å². The average molecular weight is 1150 g/mol. The van der Waals surface area contributed by atoms with Gasteiger partial charge in [-0.2, -0.15) is 0 Å². The number of ether oxygens (including phenoxy) is 9. The van der Waals surface area contributed by atoms with Gasteiger partial charge in [-0.15, -0.1) is 5.10 Å². The molecule has 5 N–H and O–H groups in total. The van der Waals surface area contributed by atoms with Crippen LogP contribution in [0.5, 0.6) is 0 Å². The first-order chi connectivity index (χ1) is 38.1. The predicted octanol–water partition coefficient (Wildman–Crippen LogP) is 3.24. The minimum Gasteiger partial charge on any atom is -0.459 e. The molecule has 81 heavy (non-hydrogen) atoms. The van der Waals surface area contributed by atoms with E-state index >= 15 is 4.39 Å². The van der Waals surface area contributed by atoms with E-state index in [9.17, 15) is 39.9 Å². The van der Waals surface area contributed by atoms with E-state index in [-0.39, 0.29) is 57.7 Å². The second-order valence-corrected chi connectivity index (χ2v) is 24.0. The first-order valence-electron chi connectivity index (χ1n) is 28.5. The number of anilines is 2. The highest BCUT2D eigenvalue weighted by Gasteiger charge is 2.53. The van der Waals surface area contributed by atoms with Gasteiger partial charge < -0.3 is 82.9 Å². The molecule has 24 nitrogen and oxygen atoms in total. The minimum absolute atomic E-state index is 0.0455. The quantitative estimate of drug-likeness (QED) is 0.134. The summed E-state index contributed by atoms with van der Waals surface area (Å²) in [5.41, 5.74) is -3.44. The third kappa shape index (κ3) is 14.8. The molecule has 5 saturated heterocycles. The molecule has 0 bridgehead atoms. The fraction of sp³-hybridized carbons (Fsp3) is 0.804. The molecular formula is C56H90FN7O17. The number of hydrogen-bond donors (Lipinski definition) is 5. The molecule has 0 saturated carbocycles. The van der Waals surface area contributed by atoms with Crippen molar-refractivity contribution in [1.29, 1.82) is 0 Å². The summed E-state index contributed by atoms with van der Waals surface area (Å²) in [6, 6.07) is 3.14. The number of carbonyl (C=O) groups excluding carboxylic acids is 3. The van der Waals surface area contributed by atoms with E-state index in [0.29, 0.717) is 49.9 Å². The first kappa shape index (κ1) is 64.2. The molecule has 5 fully saturated rings. The maximum atomic E-state index is 15.2. The Morgan fingerprint density at radius 2 is 1.65 bits per heavy atom. The SMILES string of the molecule is CC[C@H]1OC(=O)[C@H](C)[C@@H](O[C@H]2C[C@@](C)(OC)[C@@H](O)[C@H](C)O2)[C@H](C)[C@@H](O[C@@H]2O[C@H](C)C[C@H](N(C)C(=O)OCCc3cn(CC4CN(c5ccc(N6CCOCC6)c(F)c5)C(=O)O4)nn3)[C@H]2O)[C@](C)(O)C[C@@H](C)CN(C)[C@H](C)[C@@H](O)[C@]1(C)O. The smallest absolute Gasteiger partial charge is 0.414 e. The van der Waals surface area contributed by atoms with Gasteiger partial charge in [0.05, 0.1) is 97.6 Å². The number of aliphatic hydroxyl groups excluding tert-OH is 3. The Morgan fingerprint density at radius 3 is 2.32 bits per heavy atom. The summed E-state index contributed by atoms with van der Waals surface area (Å²) >= 11 is 0. The van der Waals surface area contributed by atoms with Crippen molar-refractivity contribution in [2.75, 3.05) is 77.0 Å². The van der Waals surface area contributed by atoms with Gasteiger partial charge >= 0.3 is 18.2 Å². The Kier molecular flexibility index (Phi) is 21.1. The molecule has 458 valence electrons. The van der Waals surface area contributed by atoms with Gasteiger partial charge in [0, 0.05) is 64.8 Å². The van der Waals surface area contributed by atoms with E-state index in [4.69, 9.17) is 42.6 Å². The topological polar surface area (TPSA) is 279 Å². The zero-order valence-corrected chi connectivity index (χ0v) is 49.4. The largest absolute Gasteiger partial charge is 0.459 e. The summed E-state index contributed by atoms with van der Waals surface area (Å²) in [5.74, 6) is -3.55. The molecule has 1 unspecified atom stereocenters. The highest BCUT2D eigenvalue weighted by molar-refractivity contribution is 5.90. The molecule has 19 atom stereocenters. The molecular weight excluding hydrogens is 1060 g/mol. The van der Waals surface area contributed by atoms with Gasteiger partial charge in [0.2, 0.25) is 0 Å². The Balaban J connectivity index is 1.04. The van der Waals surface area contributed by atoms with E-state index < -0.39 is 132 Å². The van der Waals surface area contributed by atoms with Gasteiger partial charge in [-0.05, 0) is 98.9 Å². The molecule has 2 amide bonds. The Hall–Kier alpha value is -4.38. The molecule has 1 aromatic heterocycles. The van der Waals surface area contributed by atoms with Gasteiger partial charge in [-0.25, -0.2) is 18.7 Å². The van der Waals surface area contributed by atoms with Crippen molar-refractivity contribution in [3.05, 3.63) is 35.9 Å². The number of esters is 1. The molecule has 1 aromatic carbocycles. The first-order valence-corrected chi connectivity index (χ1v) is 28.5. The number of nitrogens with zero attached hydrogens (tertiary/aromatic N) is 7. The summed E-state index contributed by atoms with van der Waals surface area (Å²) in [6.07, 6.45) is -10.9. The summed E-state index contributed by atoms with van der Waals surface area (Å²) in [6.45, 7) is 19.7. The van der Waals surface area contributed by atoms with Crippen LogP contribution in [0.1, 0.15) is 101 Å². The van der Waals surface area contributed by atoms with Crippen molar-refractivity contribution in [3.63, 3.8) is 0 Å². The maximum Gasteiger partial charge on any atom is 0.414 e. The second kappa shape index (κ2) is 26.7. The van der Waals surface area contributed by atoms with Gasteiger partial charge in [-0.1, -0.05) is 26.0 Å². The van der Waals surface area contributed by atoms with E-state index in [1.807, 2.05) is 16.7 Å². The molecule has 0 spiro atoms. The van der Waals surface area contributed by atoms with Crippen LogP contribution in [0.3, 0.4) is 0 Å². The molecule has 6 heterocycles. The highest BCUT2D eigenvalue weighted by Crippen LogP contribution is 2.41. The van der Waals surface area contributed by atoms with Crippen LogP contribution in [0.2, 0.25) is 0 Å². The van der Waals surface area contributed by atoms with Crippen LogP contribution in [0.15, 0.2) is 24.4 Å². The second-order valence-electron chi connectivity index (χ2n) is 24.0. The summed E-state index contributed by atoms with van der Waals surface area (Å²) in [5, 5.41) is 68.1. The summed E-state index contributed by atoms with van der Waals surface area (Å²) in [4.78, 5) is 47.6. The Morgan fingerprint density at radius 1 is 0.951 bits per heavy atom. The monoisotopic (exact) mass is 1150 g/mol. The molecule has 2 aromatic rings. The van der Waals surface area contributed by atoms with Crippen LogP contribution >= 0.6 is 0 Å². The number of methoxy groups -OCH3 is 1. The Labute approximate surface area is 474 Å². The fourth-order valence-electron chi connectivity index (χ4n) is 12.4. The number of benzene rings is 1. The maximum absolute atomic E-state index is 15.2. The standard InChI is InChI=1S/C56H90FN7O17/c1-14-43-56(10,72)47(66)35(6)60(11)27-31(2)25-54(8,71)49(33(4)46(34(5)50(68)79-43)80-44-26-55(9,73-13)48(67)36(7)77-44)81-51-45(65)42(23-32(3)76-51)61(12)52(69)75-20-17-37-28-63(59-58-37)29-39-30-64(53(70)78-39)38-15-16-41(40(57)24-38)62-18-21-74-22-19-62/h15-16,24,28,31-36,39,42-49,51,65-67,71-72H,14,17-23,25-27,29-30H2,1-13H3/t31-,32-,33+,34-,35-,36+,39?,42+,43-,44+,45-,46+,47-,48+,49-,51+,54-,55-,56-/m1/s1. The van der Waals surface area contributed by atoms with Gasteiger partial charge in [0.25, 0.3) is 0 Å². The highest BCUT2D eigenvalue weighted by atomic mass is 19.1. The van der Waals surface area contributed by atoms with Crippen molar-refractivity contribution in [3.8, 4) is 0 Å². The van der Waals surface area contributed by atoms with E-state index in [1.165, 1.54) is 41.6 Å². The van der Waals surface area contributed by atoms with E-state index in [2.05, 4.69) is 10.3 Å². The lowest BCUT2D eigenvalue weighted by atomic mass is 9.77. The average Bonchev–Trinajstić information content (AvgIpc) is 4.11. The summed E-state index contributed by atoms with van der Waals surface area (Å²) < 4.78 is 71.4. The van der Waals surface area contributed by atoms with Gasteiger partial charge in [0.1, 0.15) is 41.9 Å². The predicted molar refractivity (Wildman–Crippen MR) is 290 cm³/mol. The van der Waals surface area contributed by atoms with Crippen LogP contribution in [0.4, 0.5) is 25.4 Å². The van der Waals surface area contributed by atoms with Crippen molar-refractivity contribution < 1.29 is 86.9 Å². The van der Waals surface area contributed by atoms with Crippen molar-refractivity contribution >= 4 is 29.5 Å².